The molecular formula is C11H16BrN3O2S2. The molecule has 0 saturated heterocycles. The van der Waals surface area contributed by atoms with Crippen LogP contribution in [-0.4, -0.2) is 18.9 Å². The van der Waals surface area contributed by atoms with Crippen LogP contribution in [0.5, 0.6) is 0 Å². The fourth-order valence-corrected chi connectivity index (χ4v) is 3.39. The van der Waals surface area contributed by atoms with E-state index in [1.807, 2.05) is 0 Å². The summed E-state index contributed by atoms with van der Waals surface area (Å²) in [7, 11) is -3.64. The number of hydrogen-bond acceptors (Lipinski definition) is 3. The predicted molar refractivity (Wildman–Crippen MR) is 85.5 cm³/mol. The Hall–Kier alpha value is -0.700. The van der Waals surface area contributed by atoms with Crippen molar-refractivity contribution in [3.05, 3.63) is 28.2 Å². The molecule has 0 aliphatic carbocycles. The zero-order chi connectivity index (χ0) is 14.8. The van der Waals surface area contributed by atoms with Crippen LogP contribution in [0.25, 0.3) is 0 Å². The fourth-order valence-electron chi connectivity index (χ4n) is 1.32. The molecule has 1 aromatic rings. The molecule has 8 heteroatoms. The maximum atomic E-state index is 11.9. The Morgan fingerprint density at radius 3 is 2.37 bits per heavy atom. The lowest BCUT2D eigenvalue weighted by molar-refractivity contribution is 0.494. The molecule has 0 aliphatic heterocycles. The molecule has 0 unspecified atom stereocenters. The van der Waals surface area contributed by atoms with Gasteiger partial charge >= 0.3 is 0 Å². The summed E-state index contributed by atoms with van der Waals surface area (Å²) in [6, 6.07) is 4.92. The van der Waals surface area contributed by atoms with Crippen molar-refractivity contribution in [2.75, 3.05) is 4.72 Å². The van der Waals surface area contributed by atoms with Gasteiger partial charge in [-0.05, 0) is 54.9 Å². The second-order valence-corrected chi connectivity index (χ2v) is 7.73. The average Bonchev–Trinajstić information content (AvgIpc) is 2.16. The van der Waals surface area contributed by atoms with E-state index in [-0.39, 0.29) is 4.99 Å². The maximum absolute atomic E-state index is 11.9. The van der Waals surface area contributed by atoms with Gasteiger partial charge in [-0.15, -0.1) is 0 Å². The lowest BCUT2D eigenvalue weighted by Gasteiger charge is -2.21. The van der Waals surface area contributed by atoms with Crippen molar-refractivity contribution in [2.45, 2.75) is 26.3 Å². The van der Waals surface area contributed by atoms with Gasteiger partial charge in [0.15, 0.2) is 0 Å². The molecule has 106 valence electrons. The fraction of sp³-hybridized carbons (Fsp3) is 0.364. The summed E-state index contributed by atoms with van der Waals surface area (Å²) in [4.78, 5) is 0.253. The van der Waals surface area contributed by atoms with Crippen molar-refractivity contribution in [3.63, 3.8) is 0 Å². The van der Waals surface area contributed by atoms with E-state index in [0.717, 1.165) is 0 Å². The highest BCUT2D eigenvalue weighted by Crippen LogP contribution is 2.24. The molecule has 19 heavy (non-hydrogen) atoms. The van der Waals surface area contributed by atoms with Crippen LogP contribution in [0.3, 0.4) is 0 Å². The number of nitrogens with two attached hydrogens (primary N) is 1. The number of anilines is 1. The molecule has 0 aliphatic rings. The van der Waals surface area contributed by atoms with Gasteiger partial charge in [-0.2, -0.15) is 13.1 Å². The molecular weight excluding hydrogens is 350 g/mol. The molecule has 0 bridgehead atoms. The van der Waals surface area contributed by atoms with E-state index in [0.29, 0.717) is 15.7 Å². The second kappa shape index (κ2) is 5.74. The number of nitrogens with one attached hydrogen (secondary N) is 2. The van der Waals surface area contributed by atoms with E-state index in [4.69, 9.17) is 18.0 Å². The number of benzene rings is 1. The Balaban J connectivity index is 2.98. The minimum Gasteiger partial charge on any atom is -0.389 e. The van der Waals surface area contributed by atoms with Gasteiger partial charge < -0.3 is 5.73 Å². The lowest BCUT2D eigenvalue weighted by atomic mass is 10.1. The van der Waals surface area contributed by atoms with Crippen LogP contribution < -0.4 is 15.2 Å². The summed E-state index contributed by atoms with van der Waals surface area (Å²) in [5.74, 6) is 0. The molecule has 0 aromatic heterocycles. The largest absolute Gasteiger partial charge is 0.389 e. The monoisotopic (exact) mass is 365 g/mol. The first-order valence-electron chi connectivity index (χ1n) is 5.41. The molecule has 5 nitrogen and oxygen atoms in total. The van der Waals surface area contributed by atoms with E-state index >= 15 is 0 Å². The summed E-state index contributed by atoms with van der Waals surface area (Å²) in [6.07, 6.45) is 0. The minimum absolute atomic E-state index is 0.253. The zero-order valence-corrected chi connectivity index (χ0v) is 14.0. The minimum atomic E-state index is -3.64. The number of hydrogen-bond donors (Lipinski definition) is 3. The van der Waals surface area contributed by atoms with E-state index in [1.165, 1.54) is 0 Å². The van der Waals surface area contributed by atoms with E-state index in [1.54, 1.807) is 39.0 Å². The van der Waals surface area contributed by atoms with Crippen molar-refractivity contribution >= 4 is 49.0 Å². The highest BCUT2D eigenvalue weighted by Gasteiger charge is 2.20. The summed E-state index contributed by atoms with van der Waals surface area (Å²) in [6.45, 7) is 5.28. The Kier molecular flexibility index (Phi) is 4.94. The molecule has 0 saturated carbocycles. The first kappa shape index (κ1) is 16.4. The highest BCUT2D eigenvalue weighted by atomic mass is 79.9. The van der Waals surface area contributed by atoms with Crippen molar-refractivity contribution in [3.8, 4) is 0 Å². The van der Waals surface area contributed by atoms with Crippen molar-refractivity contribution in [1.82, 2.24) is 4.72 Å². The number of thiocarbonyl (C=S) groups is 1. The lowest BCUT2D eigenvalue weighted by Crippen LogP contribution is -2.43. The van der Waals surface area contributed by atoms with Gasteiger partial charge in [0.05, 0.1) is 5.69 Å². The molecule has 0 heterocycles. The van der Waals surface area contributed by atoms with Crippen LogP contribution in [-0.2, 0) is 10.2 Å². The van der Waals surface area contributed by atoms with Crippen LogP contribution in [0.4, 0.5) is 5.69 Å². The SMILES string of the molecule is CC(C)(C)NS(=O)(=O)Nc1ccc(C(N)=S)cc1Br. The Labute approximate surface area is 127 Å². The average molecular weight is 366 g/mol. The normalized spacial score (nSPS) is 12.2. The molecule has 0 spiro atoms. The standard InChI is InChI=1S/C11H16BrN3O2S2/c1-11(2,3)15-19(16,17)14-9-5-4-7(10(13)18)6-8(9)12/h4-6,14-15H,1-3H3,(H2,13,18). The molecule has 0 amide bonds. The summed E-state index contributed by atoms with van der Waals surface area (Å²) in [5, 5.41) is 0. The molecule has 0 fully saturated rings. The van der Waals surface area contributed by atoms with Crippen molar-refractivity contribution in [2.24, 2.45) is 5.73 Å². The van der Waals surface area contributed by atoms with Crippen LogP contribution in [0.15, 0.2) is 22.7 Å². The van der Waals surface area contributed by atoms with Crippen LogP contribution in [0, 0.1) is 0 Å². The molecule has 1 aromatic carbocycles. The quantitative estimate of drug-likeness (QED) is 0.713. The molecule has 1 rings (SSSR count). The Morgan fingerprint density at radius 1 is 1.37 bits per heavy atom. The van der Waals surface area contributed by atoms with Crippen LogP contribution in [0.2, 0.25) is 0 Å². The first-order valence-corrected chi connectivity index (χ1v) is 8.10. The van der Waals surface area contributed by atoms with E-state index in [2.05, 4.69) is 25.4 Å². The van der Waals surface area contributed by atoms with Gasteiger partial charge in [-0.1, -0.05) is 12.2 Å². The third-order valence-electron chi connectivity index (χ3n) is 1.94. The maximum Gasteiger partial charge on any atom is 0.299 e. The topological polar surface area (TPSA) is 84.2 Å². The van der Waals surface area contributed by atoms with Crippen molar-refractivity contribution < 1.29 is 8.42 Å². The van der Waals surface area contributed by atoms with E-state index < -0.39 is 15.7 Å². The Morgan fingerprint density at radius 2 is 1.95 bits per heavy atom. The Bertz CT molecular complexity index is 594. The van der Waals surface area contributed by atoms with Crippen LogP contribution >= 0.6 is 28.1 Å². The molecule has 4 N–H and O–H groups in total. The summed E-state index contributed by atoms with van der Waals surface area (Å²) in [5.41, 5.74) is 6.02. The molecule has 0 radical (unpaired) electrons. The van der Waals surface area contributed by atoms with Crippen LogP contribution in [0.1, 0.15) is 26.3 Å². The smallest absolute Gasteiger partial charge is 0.299 e. The predicted octanol–water partition coefficient (Wildman–Crippen LogP) is 2.13. The van der Waals surface area contributed by atoms with Gasteiger partial charge in [0.2, 0.25) is 0 Å². The zero-order valence-electron chi connectivity index (χ0n) is 10.8. The van der Waals surface area contributed by atoms with Gasteiger partial charge in [-0.25, -0.2) is 0 Å². The second-order valence-electron chi connectivity index (χ2n) is 5.02. The number of rotatable bonds is 4. The van der Waals surface area contributed by atoms with Gasteiger partial charge in [0.1, 0.15) is 4.99 Å². The van der Waals surface area contributed by atoms with E-state index in [9.17, 15) is 8.42 Å². The van der Waals surface area contributed by atoms with Gasteiger partial charge in [0, 0.05) is 15.6 Å². The van der Waals surface area contributed by atoms with Gasteiger partial charge in [-0.3, -0.25) is 4.72 Å². The molecule has 0 atom stereocenters. The number of halogens is 1. The third kappa shape index (κ3) is 5.43. The highest BCUT2D eigenvalue weighted by molar-refractivity contribution is 9.10. The van der Waals surface area contributed by atoms with Crippen molar-refractivity contribution in [1.29, 1.82) is 0 Å². The third-order valence-corrected chi connectivity index (χ3v) is 4.20. The summed E-state index contributed by atoms with van der Waals surface area (Å²) < 4.78 is 29.3. The first-order chi connectivity index (χ1) is 8.50. The van der Waals surface area contributed by atoms with Gasteiger partial charge in [0.25, 0.3) is 10.2 Å². The summed E-state index contributed by atoms with van der Waals surface area (Å²) >= 11 is 8.13.